The van der Waals surface area contributed by atoms with E-state index in [1.54, 1.807) is 4.90 Å². The van der Waals surface area contributed by atoms with Crippen LogP contribution in [0.1, 0.15) is 37.8 Å². The topological polar surface area (TPSA) is 57.6 Å². The van der Waals surface area contributed by atoms with Gasteiger partial charge >= 0.3 is 5.97 Å². The van der Waals surface area contributed by atoms with Crippen molar-refractivity contribution in [2.75, 3.05) is 13.1 Å². The predicted octanol–water partition coefficient (Wildman–Crippen LogP) is 2.75. The Hall–Kier alpha value is -1.84. The Labute approximate surface area is 132 Å². The van der Waals surface area contributed by atoms with Gasteiger partial charge in [0, 0.05) is 19.5 Å². The van der Waals surface area contributed by atoms with Gasteiger partial charge in [0.2, 0.25) is 5.91 Å². The van der Waals surface area contributed by atoms with Crippen molar-refractivity contribution < 1.29 is 14.7 Å². The molecule has 0 bridgehead atoms. The number of hydrogen-bond donors (Lipinski definition) is 1. The van der Waals surface area contributed by atoms with Gasteiger partial charge in [-0.2, -0.15) is 0 Å². The fraction of sp³-hybridized carbons (Fsp3) is 0.556. The largest absolute Gasteiger partial charge is 0.481 e. The lowest BCUT2D eigenvalue weighted by atomic mass is 9.90. The minimum absolute atomic E-state index is 0.0670. The maximum atomic E-state index is 12.3. The fourth-order valence-electron chi connectivity index (χ4n) is 3.09. The molecule has 4 heteroatoms. The summed E-state index contributed by atoms with van der Waals surface area (Å²) in [6.45, 7) is 5.17. The van der Waals surface area contributed by atoms with Crippen LogP contribution in [-0.4, -0.2) is 35.0 Å². The Morgan fingerprint density at radius 1 is 1.18 bits per heavy atom. The molecule has 1 heterocycles. The number of aliphatic carboxylic acids is 1. The number of rotatable bonds is 5. The molecular weight excluding hydrogens is 278 g/mol. The minimum atomic E-state index is -0.792. The van der Waals surface area contributed by atoms with E-state index in [0.717, 1.165) is 12.0 Å². The van der Waals surface area contributed by atoms with E-state index < -0.39 is 11.9 Å². The second kappa shape index (κ2) is 7.43. The first-order valence-corrected chi connectivity index (χ1v) is 8.08. The van der Waals surface area contributed by atoms with Gasteiger partial charge in [0.25, 0.3) is 0 Å². The second-order valence-electron chi connectivity index (χ2n) is 6.34. The predicted molar refractivity (Wildman–Crippen MR) is 85.6 cm³/mol. The smallest absolute Gasteiger partial charge is 0.308 e. The Morgan fingerprint density at radius 2 is 1.82 bits per heavy atom. The second-order valence-corrected chi connectivity index (χ2v) is 6.34. The van der Waals surface area contributed by atoms with E-state index in [4.69, 9.17) is 0 Å². The number of piperidine rings is 1. The molecule has 120 valence electrons. The van der Waals surface area contributed by atoms with Crippen LogP contribution in [0, 0.1) is 11.8 Å². The summed E-state index contributed by atoms with van der Waals surface area (Å²) in [4.78, 5) is 25.2. The number of amides is 1. The molecule has 4 nitrogen and oxygen atoms in total. The molecule has 0 spiro atoms. The van der Waals surface area contributed by atoms with Crippen LogP contribution >= 0.6 is 0 Å². The third-order valence-corrected chi connectivity index (χ3v) is 4.42. The Balaban J connectivity index is 1.89. The summed E-state index contributed by atoms with van der Waals surface area (Å²) in [6, 6.07) is 8.35. The lowest BCUT2D eigenvalue weighted by Crippen LogP contribution is -2.45. The highest BCUT2D eigenvalue weighted by atomic mass is 16.4. The minimum Gasteiger partial charge on any atom is -0.481 e. The average molecular weight is 303 g/mol. The molecule has 2 unspecified atom stereocenters. The summed E-state index contributed by atoms with van der Waals surface area (Å²) in [5.41, 5.74) is 2.45. The Bertz CT molecular complexity index is 524. The molecule has 1 fully saturated rings. The van der Waals surface area contributed by atoms with Crippen molar-refractivity contribution in [2.45, 2.75) is 39.5 Å². The summed E-state index contributed by atoms with van der Waals surface area (Å²) in [5.74, 6) is -0.893. The number of carbonyl (C=O) groups excluding carboxylic acids is 1. The monoisotopic (exact) mass is 303 g/mol. The third kappa shape index (κ3) is 4.33. The van der Waals surface area contributed by atoms with E-state index >= 15 is 0 Å². The maximum absolute atomic E-state index is 12.3. The normalized spacial score (nSPS) is 21.6. The highest BCUT2D eigenvalue weighted by Crippen LogP contribution is 2.22. The quantitative estimate of drug-likeness (QED) is 0.910. The Morgan fingerprint density at radius 3 is 2.41 bits per heavy atom. The molecule has 1 amide bonds. The molecule has 1 aliphatic heterocycles. The zero-order valence-corrected chi connectivity index (χ0v) is 13.4. The van der Waals surface area contributed by atoms with Gasteiger partial charge in [0.05, 0.1) is 5.92 Å². The first-order chi connectivity index (χ1) is 10.5. The van der Waals surface area contributed by atoms with Crippen molar-refractivity contribution in [3.63, 3.8) is 0 Å². The maximum Gasteiger partial charge on any atom is 0.308 e. The van der Waals surface area contributed by atoms with Crippen LogP contribution in [0.2, 0.25) is 0 Å². The standard InChI is InChI=1S/C18H25NO3/c1-3-14-4-6-15(7-5-14)8-9-17(20)19-11-13(2)10-16(12-19)18(21)22/h4-7,13,16H,3,8-12H2,1-2H3,(H,21,22). The number of likely N-dealkylation sites (tertiary alicyclic amines) is 1. The number of carbonyl (C=O) groups is 2. The Kier molecular flexibility index (Phi) is 5.58. The number of aryl methyl sites for hydroxylation is 2. The van der Waals surface area contributed by atoms with Gasteiger partial charge in [-0.3, -0.25) is 9.59 Å². The van der Waals surface area contributed by atoms with E-state index in [1.807, 2.05) is 6.92 Å². The lowest BCUT2D eigenvalue weighted by Gasteiger charge is -2.34. The molecule has 1 N–H and O–H groups in total. The summed E-state index contributed by atoms with van der Waals surface area (Å²) >= 11 is 0. The van der Waals surface area contributed by atoms with Crippen molar-refractivity contribution in [1.82, 2.24) is 4.90 Å². The lowest BCUT2D eigenvalue weighted by molar-refractivity contribution is -0.146. The molecular formula is C18H25NO3. The van der Waals surface area contributed by atoms with Crippen molar-refractivity contribution in [1.29, 1.82) is 0 Å². The molecule has 1 aliphatic rings. The summed E-state index contributed by atoms with van der Waals surface area (Å²) in [6.07, 6.45) is 2.84. The van der Waals surface area contributed by atoms with E-state index in [-0.39, 0.29) is 11.8 Å². The first-order valence-electron chi connectivity index (χ1n) is 8.08. The van der Waals surface area contributed by atoms with Crippen LogP contribution < -0.4 is 0 Å². The molecule has 0 saturated carbocycles. The number of hydrogen-bond acceptors (Lipinski definition) is 2. The number of carboxylic acid groups (broad SMARTS) is 1. The van der Waals surface area contributed by atoms with Crippen molar-refractivity contribution in [3.05, 3.63) is 35.4 Å². The molecule has 2 rings (SSSR count). The first kappa shape index (κ1) is 16.5. The molecule has 1 aromatic carbocycles. The van der Waals surface area contributed by atoms with Gasteiger partial charge in [0.1, 0.15) is 0 Å². The number of carboxylic acids is 1. The van der Waals surface area contributed by atoms with Crippen LogP contribution in [0.5, 0.6) is 0 Å². The van der Waals surface area contributed by atoms with Gasteiger partial charge in [0.15, 0.2) is 0 Å². The van der Waals surface area contributed by atoms with Crippen LogP contribution in [0.15, 0.2) is 24.3 Å². The van der Waals surface area contributed by atoms with E-state index in [9.17, 15) is 14.7 Å². The SMILES string of the molecule is CCc1ccc(CCC(=O)N2CC(C)CC(C(=O)O)C2)cc1. The van der Waals surface area contributed by atoms with E-state index in [0.29, 0.717) is 32.4 Å². The number of benzene rings is 1. The van der Waals surface area contributed by atoms with Crippen molar-refractivity contribution >= 4 is 11.9 Å². The van der Waals surface area contributed by atoms with E-state index in [1.165, 1.54) is 5.56 Å². The molecule has 0 aliphatic carbocycles. The van der Waals surface area contributed by atoms with Gasteiger partial charge in [-0.05, 0) is 36.3 Å². The molecule has 22 heavy (non-hydrogen) atoms. The highest BCUT2D eigenvalue weighted by Gasteiger charge is 2.31. The third-order valence-electron chi connectivity index (χ3n) is 4.42. The van der Waals surface area contributed by atoms with Gasteiger partial charge in [-0.1, -0.05) is 38.1 Å². The molecule has 0 aromatic heterocycles. The molecule has 0 radical (unpaired) electrons. The summed E-state index contributed by atoms with van der Waals surface area (Å²) < 4.78 is 0. The summed E-state index contributed by atoms with van der Waals surface area (Å²) in [5, 5.41) is 9.17. The van der Waals surface area contributed by atoms with Gasteiger partial charge in [-0.15, -0.1) is 0 Å². The average Bonchev–Trinajstić information content (AvgIpc) is 2.52. The molecule has 2 atom stereocenters. The van der Waals surface area contributed by atoms with Crippen LogP contribution in [-0.2, 0) is 22.4 Å². The summed E-state index contributed by atoms with van der Waals surface area (Å²) in [7, 11) is 0. The van der Waals surface area contributed by atoms with Crippen molar-refractivity contribution in [3.8, 4) is 0 Å². The molecule has 1 aromatic rings. The van der Waals surface area contributed by atoms with Crippen LogP contribution in [0.25, 0.3) is 0 Å². The molecule has 1 saturated heterocycles. The zero-order valence-electron chi connectivity index (χ0n) is 13.4. The van der Waals surface area contributed by atoms with Crippen LogP contribution in [0.3, 0.4) is 0 Å². The highest BCUT2D eigenvalue weighted by molar-refractivity contribution is 5.78. The van der Waals surface area contributed by atoms with E-state index in [2.05, 4.69) is 31.2 Å². The number of nitrogens with zero attached hydrogens (tertiary/aromatic N) is 1. The van der Waals surface area contributed by atoms with Crippen LogP contribution in [0.4, 0.5) is 0 Å². The van der Waals surface area contributed by atoms with Gasteiger partial charge < -0.3 is 10.0 Å². The van der Waals surface area contributed by atoms with Gasteiger partial charge in [-0.25, -0.2) is 0 Å². The van der Waals surface area contributed by atoms with Crippen molar-refractivity contribution in [2.24, 2.45) is 11.8 Å². The zero-order chi connectivity index (χ0) is 16.1. The fourth-order valence-corrected chi connectivity index (χ4v) is 3.09.